The van der Waals surface area contributed by atoms with Gasteiger partial charge in [0, 0.05) is 10.6 Å². The molecule has 0 spiro atoms. The highest BCUT2D eigenvalue weighted by atomic mass is 32.2. The first-order chi connectivity index (χ1) is 7.35. The van der Waals surface area contributed by atoms with Crippen LogP contribution in [0.15, 0.2) is 30.3 Å². The van der Waals surface area contributed by atoms with Gasteiger partial charge in [-0.05, 0) is 6.92 Å². The summed E-state index contributed by atoms with van der Waals surface area (Å²) in [5.41, 5.74) is 1.47. The minimum atomic E-state index is 1.19. The standard InChI is InChI=1S/C12H18NS2/c1-2-13(9-14-11-15-10-13)8-12-6-4-3-5-7-12/h3-7H,2,8-11H2,1H3/q+1. The summed E-state index contributed by atoms with van der Waals surface area (Å²) in [5.74, 6) is 2.55. The van der Waals surface area contributed by atoms with Crippen LogP contribution in [0.1, 0.15) is 12.5 Å². The van der Waals surface area contributed by atoms with Crippen LogP contribution in [0.25, 0.3) is 0 Å². The first-order valence-corrected chi connectivity index (χ1v) is 7.70. The van der Waals surface area contributed by atoms with Crippen LogP contribution in [-0.4, -0.2) is 27.9 Å². The molecule has 0 radical (unpaired) electrons. The van der Waals surface area contributed by atoms with Gasteiger partial charge in [0.1, 0.15) is 18.3 Å². The smallest absolute Gasteiger partial charge is 0.127 e. The van der Waals surface area contributed by atoms with Crippen molar-refractivity contribution in [1.82, 2.24) is 0 Å². The lowest BCUT2D eigenvalue weighted by Crippen LogP contribution is -2.48. The first-order valence-electron chi connectivity index (χ1n) is 5.39. The highest BCUT2D eigenvalue weighted by molar-refractivity contribution is 8.16. The Morgan fingerprint density at radius 1 is 1.13 bits per heavy atom. The number of benzene rings is 1. The van der Waals surface area contributed by atoms with Crippen LogP contribution < -0.4 is 0 Å². The van der Waals surface area contributed by atoms with Gasteiger partial charge in [0.25, 0.3) is 0 Å². The van der Waals surface area contributed by atoms with Gasteiger partial charge in [0.15, 0.2) is 0 Å². The van der Waals surface area contributed by atoms with E-state index in [1.807, 2.05) is 0 Å². The molecule has 0 saturated carbocycles. The lowest BCUT2D eigenvalue weighted by molar-refractivity contribution is -0.916. The second kappa shape index (κ2) is 5.28. The number of rotatable bonds is 3. The molecule has 0 bridgehead atoms. The molecule has 1 heterocycles. The molecule has 1 aliphatic rings. The minimum absolute atomic E-state index is 1.19. The first kappa shape index (κ1) is 11.4. The van der Waals surface area contributed by atoms with Crippen molar-refractivity contribution >= 4 is 23.5 Å². The summed E-state index contributed by atoms with van der Waals surface area (Å²) in [7, 11) is 0. The van der Waals surface area contributed by atoms with E-state index < -0.39 is 0 Å². The summed E-state index contributed by atoms with van der Waals surface area (Å²) in [6, 6.07) is 10.9. The second-order valence-corrected chi connectivity index (χ2v) is 6.36. The van der Waals surface area contributed by atoms with E-state index >= 15 is 0 Å². The average molecular weight is 240 g/mol. The molecule has 0 aliphatic carbocycles. The fourth-order valence-corrected chi connectivity index (χ4v) is 4.60. The van der Waals surface area contributed by atoms with Gasteiger partial charge in [0.05, 0.1) is 6.54 Å². The van der Waals surface area contributed by atoms with Gasteiger partial charge in [-0.1, -0.05) is 53.9 Å². The lowest BCUT2D eigenvalue weighted by atomic mass is 10.2. The van der Waals surface area contributed by atoms with E-state index in [9.17, 15) is 0 Å². The molecule has 1 aromatic rings. The molecule has 0 atom stereocenters. The molecule has 0 aromatic heterocycles. The van der Waals surface area contributed by atoms with E-state index in [2.05, 4.69) is 60.8 Å². The molecule has 3 heteroatoms. The molecular formula is C12H18NS2+. The van der Waals surface area contributed by atoms with E-state index in [0.717, 1.165) is 0 Å². The Morgan fingerprint density at radius 2 is 1.80 bits per heavy atom. The van der Waals surface area contributed by atoms with Gasteiger partial charge in [0.2, 0.25) is 0 Å². The van der Waals surface area contributed by atoms with E-state index in [1.54, 1.807) is 0 Å². The third kappa shape index (κ3) is 2.92. The van der Waals surface area contributed by atoms with Gasteiger partial charge < -0.3 is 4.48 Å². The Balaban J connectivity index is 2.07. The van der Waals surface area contributed by atoms with Crippen molar-refractivity contribution < 1.29 is 4.48 Å². The fraction of sp³-hybridized carbons (Fsp3) is 0.500. The molecule has 1 fully saturated rings. The molecule has 1 saturated heterocycles. The van der Waals surface area contributed by atoms with Crippen LogP contribution in [0.4, 0.5) is 0 Å². The highest BCUT2D eigenvalue weighted by Crippen LogP contribution is 2.30. The lowest BCUT2D eigenvalue weighted by Gasteiger charge is -2.39. The maximum absolute atomic E-state index is 2.31. The molecular weight excluding hydrogens is 222 g/mol. The number of nitrogens with zero attached hydrogens (tertiary/aromatic N) is 1. The normalized spacial score (nSPS) is 20.1. The van der Waals surface area contributed by atoms with Crippen molar-refractivity contribution in [2.45, 2.75) is 13.5 Å². The van der Waals surface area contributed by atoms with Crippen molar-refractivity contribution in [2.75, 3.05) is 23.4 Å². The van der Waals surface area contributed by atoms with E-state index in [0.29, 0.717) is 0 Å². The molecule has 0 amide bonds. The summed E-state index contributed by atoms with van der Waals surface area (Å²) < 4.78 is 1.24. The second-order valence-electron chi connectivity index (χ2n) is 4.09. The fourth-order valence-electron chi connectivity index (χ4n) is 1.91. The molecule has 15 heavy (non-hydrogen) atoms. The summed E-state index contributed by atoms with van der Waals surface area (Å²) in [6.45, 7) is 4.75. The van der Waals surface area contributed by atoms with Crippen LogP contribution >= 0.6 is 23.5 Å². The Kier molecular flexibility index (Phi) is 4.00. The van der Waals surface area contributed by atoms with E-state index in [-0.39, 0.29) is 0 Å². The largest absolute Gasteiger partial charge is 0.303 e. The van der Waals surface area contributed by atoms with Crippen LogP contribution in [0.3, 0.4) is 0 Å². The summed E-state index contributed by atoms with van der Waals surface area (Å²) in [5, 5.41) is 1.27. The number of hydrogen-bond donors (Lipinski definition) is 0. The SMILES string of the molecule is CC[N+]1(Cc2ccccc2)CSCSC1. The summed E-state index contributed by atoms with van der Waals surface area (Å²) >= 11 is 4.16. The highest BCUT2D eigenvalue weighted by Gasteiger charge is 2.28. The van der Waals surface area contributed by atoms with Gasteiger partial charge in [-0.2, -0.15) is 0 Å². The van der Waals surface area contributed by atoms with Crippen LogP contribution in [0.5, 0.6) is 0 Å². The Morgan fingerprint density at radius 3 is 2.40 bits per heavy atom. The van der Waals surface area contributed by atoms with Gasteiger partial charge in [-0.3, -0.25) is 0 Å². The van der Waals surface area contributed by atoms with Gasteiger partial charge >= 0.3 is 0 Å². The summed E-state index contributed by atoms with van der Waals surface area (Å²) in [6.07, 6.45) is 0. The predicted octanol–water partition coefficient (Wildman–Crippen LogP) is 3.38. The average Bonchev–Trinajstić information content (AvgIpc) is 2.32. The monoisotopic (exact) mass is 240 g/mol. The van der Waals surface area contributed by atoms with Gasteiger partial charge in [-0.15, -0.1) is 0 Å². The van der Waals surface area contributed by atoms with Gasteiger partial charge in [-0.25, -0.2) is 0 Å². The van der Waals surface area contributed by atoms with Crippen molar-refractivity contribution in [3.8, 4) is 0 Å². The topological polar surface area (TPSA) is 0 Å². The molecule has 2 rings (SSSR count). The quantitative estimate of drug-likeness (QED) is 0.743. The zero-order valence-electron chi connectivity index (χ0n) is 9.19. The molecule has 1 aliphatic heterocycles. The molecule has 0 N–H and O–H groups in total. The maximum atomic E-state index is 2.31. The zero-order valence-corrected chi connectivity index (χ0v) is 10.8. The minimum Gasteiger partial charge on any atom is -0.303 e. The Labute approximate surface area is 101 Å². The van der Waals surface area contributed by atoms with E-state index in [1.165, 1.54) is 40.0 Å². The molecule has 82 valence electrons. The Hall–Kier alpha value is -0.120. The van der Waals surface area contributed by atoms with Crippen molar-refractivity contribution in [3.05, 3.63) is 35.9 Å². The molecule has 1 aromatic carbocycles. The molecule has 1 nitrogen and oxygen atoms in total. The third-order valence-corrected chi connectivity index (χ3v) is 5.72. The number of quaternary nitrogens is 1. The Bertz CT molecular complexity index is 294. The molecule has 0 unspecified atom stereocenters. The zero-order chi connectivity index (χ0) is 10.6. The van der Waals surface area contributed by atoms with E-state index in [4.69, 9.17) is 0 Å². The van der Waals surface area contributed by atoms with Crippen LogP contribution in [0.2, 0.25) is 0 Å². The third-order valence-electron chi connectivity index (χ3n) is 2.93. The maximum Gasteiger partial charge on any atom is 0.127 e. The van der Waals surface area contributed by atoms with Crippen LogP contribution in [0, 0.1) is 0 Å². The van der Waals surface area contributed by atoms with Crippen molar-refractivity contribution in [3.63, 3.8) is 0 Å². The van der Waals surface area contributed by atoms with Crippen molar-refractivity contribution in [2.24, 2.45) is 0 Å². The number of thioether (sulfide) groups is 2. The summed E-state index contributed by atoms with van der Waals surface area (Å²) in [4.78, 5) is 0. The van der Waals surface area contributed by atoms with Crippen molar-refractivity contribution in [1.29, 1.82) is 0 Å². The predicted molar refractivity (Wildman–Crippen MR) is 70.7 cm³/mol. The van der Waals surface area contributed by atoms with Crippen LogP contribution in [-0.2, 0) is 6.54 Å². The number of hydrogen-bond acceptors (Lipinski definition) is 2.